The van der Waals surface area contributed by atoms with Crippen molar-refractivity contribution in [2.75, 3.05) is 5.32 Å². The van der Waals surface area contributed by atoms with Gasteiger partial charge in [0.1, 0.15) is 5.69 Å². The van der Waals surface area contributed by atoms with Crippen LogP contribution in [-0.4, -0.2) is 31.1 Å². The minimum absolute atomic E-state index is 0.306. The van der Waals surface area contributed by atoms with Crippen LogP contribution < -0.4 is 5.32 Å². The van der Waals surface area contributed by atoms with E-state index in [1.807, 2.05) is 35.9 Å². The molecule has 4 aromatic rings. The predicted octanol–water partition coefficient (Wildman–Crippen LogP) is 4.10. The molecule has 4 heterocycles. The number of amides is 1. The van der Waals surface area contributed by atoms with Crippen LogP contribution in [0.25, 0.3) is 11.4 Å². The third kappa shape index (κ3) is 3.66. The summed E-state index contributed by atoms with van der Waals surface area (Å²) in [5, 5.41) is 14.0. The Hall–Kier alpha value is -2.56. The molecule has 0 bridgehead atoms. The number of thiazole rings is 2. The molecule has 4 rings (SSSR count). The normalized spacial score (nSPS) is 10.8. The molecule has 0 aliphatic rings. The van der Waals surface area contributed by atoms with E-state index in [1.165, 1.54) is 34.4 Å². The van der Waals surface area contributed by atoms with Gasteiger partial charge in [-0.1, -0.05) is 11.8 Å². The van der Waals surface area contributed by atoms with E-state index in [4.69, 9.17) is 0 Å². The summed E-state index contributed by atoms with van der Waals surface area (Å²) in [6, 6.07) is 5.53. The summed E-state index contributed by atoms with van der Waals surface area (Å²) in [6.07, 6.45) is 3.38. The van der Waals surface area contributed by atoms with Crippen molar-refractivity contribution in [3.63, 3.8) is 0 Å². The summed E-state index contributed by atoms with van der Waals surface area (Å²) < 4.78 is 0.847. The zero-order valence-corrected chi connectivity index (χ0v) is 15.9. The molecule has 0 fully saturated rings. The lowest BCUT2D eigenvalue weighted by molar-refractivity contribution is 0.101. The summed E-state index contributed by atoms with van der Waals surface area (Å²) in [4.78, 5) is 26.7. The van der Waals surface area contributed by atoms with Crippen molar-refractivity contribution in [3.8, 4) is 11.4 Å². The Balaban J connectivity index is 1.70. The molecule has 0 saturated carbocycles. The number of nitrogens with one attached hydrogen (secondary N) is 2. The number of H-pyrrole nitrogens is 1. The molecule has 0 aliphatic carbocycles. The first-order valence-electron chi connectivity index (χ1n) is 7.50. The van der Waals surface area contributed by atoms with Crippen molar-refractivity contribution in [1.82, 2.24) is 25.1 Å². The summed E-state index contributed by atoms with van der Waals surface area (Å²) >= 11 is 4.31. The van der Waals surface area contributed by atoms with Crippen molar-refractivity contribution >= 4 is 45.5 Å². The summed E-state index contributed by atoms with van der Waals surface area (Å²) in [5.74, 6) is -0.306. The molecule has 130 valence electrons. The average Bonchev–Trinajstić information content (AvgIpc) is 3.38. The molecule has 4 aromatic heterocycles. The SMILES string of the molecule is Cc1csc(NC(=O)c2nc(-c3ccn[nH]3)ccc2Sc2nccs2)n1. The Morgan fingerprint density at radius 3 is 2.81 bits per heavy atom. The molecule has 26 heavy (non-hydrogen) atoms. The lowest BCUT2D eigenvalue weighted by atomic mass is 10.2. The van der Waals surface area contributed by atoms with Gasteiger partial charge in [-0.2, -0.15) is 5.10 Å². The topological polar surface area (TPSA) is 96.5 Å². The summed E-state index contributed by atoms with van der Waals surface area (Å²) in [6.45, 7) is 1.88. The van der Waals surface area contributed by atoms with Crippen molar-refractivity contribution in [3.05, 3.63) is 52.7 Å². The second kappa shape index (κ2) is 7.36. The molecule has 10 heteroatoms. The van der Waals surface area contributed by atoms with Crippen LogP contribution >= 0.6 is 34.4 Å². The predicted molar refractivity (Wildman–Crippen MR) is 103 cm³/mol. The number of aromatic nitrogens is 5. The van der Waals surface area contributed by atoms with Gasteiger partial charge in [0, 0.05) is 28.0 Å². The van der Waals surface area contributed by atoms with Gasteiger partial charge in [0.25, 0.3) is 5.91 Å². The van der Waals surface area contributed by atoms with Gasteiger partial charge in [-0.05, 0) is 25.1 Å². The summed E-state index contributed by atoms with van der Waals surface area (Å²) in [5.41, 5.74) is 2.58. The fourth-order valence-corrected chi connectivity index (χ4v) is 4.51. The molecule has 0 unspecified atom stereocenters. The third-order valence-corrected chi connectivity index (χ3v) is 6.10. The largest absolute Gasteiger partial charge is 0.296 e. The average molecular weight is 401 g/mol. The van der Waals surface area contributed by atoms with Gasteiger partial charge in [-0.3, -0.25) is 15.2 Å². The maximum atomic E-state index is 12.8. The number of aryl methyl sites for hydroxylation is 1. The monoisotopic (exact) mass is 400 g/mol. The van der Waals surface area contributed by atoms with Crippen molar-refractivity contribution in [1.29, 1.82) is 0 Å². The van der Waals surface area contributed by atoms with Crippen LogP contribution in [0, 0.1) is 6.92 Å². The second-order valence-corrected chi connectivity index (χ2v) is 8.20. The maximum absolute atomic E-state index is 12.8. The fraction of sp³-hybridized carbons (Fsp3) is 0.0625. The maximum Gasteiger partial charge on any atom is 0.277 e. The van der Waals surface area contributed by atoms with E-state index in [2.05, 4.69) is 30.5 Å². The highest BCUT2D eigenvalue weighted by atomic mass is 32.2. The second-order valence-electron chi connectivity index (χ2n) is 5.16. The molecule has 0 radical (unpaired) electrons. The Morgan fingerprint density at radius 2 is 2.12 bits per heavy atom. The Labute approximate surface area is 161 Å². The first kappa shape index (κ1) is 16.9. The highest BCUT2D eigenvalue weighted by Crippen LogP contribution is 2.33. The molecular weight excluding hydrogens is 388 g/mol. The van der Waals surface area contributed by atoms with Crippen LogP contribution in [0.2, 0.25) is 0 Å². The van der Waals surface area contributed by atoms with Gasteiger partial charge >= 0.3 is 0 Å². The van der Waals surface area contributed by atoms with Gasteiger partial charge in [0.05, 0.1) is 17.1 Å². The molecule has 7 nitrogen and oxygen atoms in total. The smallest absolute Gasteiger partial charge is 0.277 e. The quantitative estimate of drug-likeness (QED) is 0.524. The Bertz CT molecular complexity index is 1030. The molecule has 2 N–H and O–H groups in total. The standard InChI is InChI=1S/C16H12N6OS3/c1-9-8-25-15(19-9)21-14(23)13-12(26-16-17-6-7-24-16)3-2-10(20-13)11-4-5-18-22-11/h2-8H,1H3,(H,18,22)(H,19,21,23). The van der Waals surface area contributed by atoms with Crippen molar-refractivity contribution in [2.24, 2.45) is 0 Å². The number of carbonyl (C=O) groups excluding carboxylic acids is 1. The number of anilines is 1. The molecule has 0 atom stereocenters. The molecular formula is C16H12N6OS3. The van der Waals surface area contributed by atoms with Gasteiger partial charge < -0.3 is 0 Å². The van der Waals surface area contributed by atoms with Crippen molar-refractivity contribution in [2.45, 2.75) is 16.2 Å². The summed E-state index contributed by atoms with van der Waals surface area (Å²) in [7, 11) is 0. The van der Waals surface area contributed by atoms with E-state index < -0.39 is 0 Å². The highest BCUT2D eigenvalue weighted by Gasteiger charge is 2.18. The van der Waals surface area contributed by atoms with Gasteiger partial charge in [-0.15, -0.1) is 22.7 Å². The van der Waals surface area contributed by atoms with Gasteiger partial charge in [-0.25, -0.2) is 15.0 Å². The number of aromatic amines is 1. The first-order chi connectivity index (χ1) is 12.7. The van der Waals surface area contributed by atoms with E-state index in [0.717, 1.165) is 20.6 Å². The van der Waals surface area contributed by atoms with Crippen LogP contribution in [0.5, 0.6) is 0 Å². The number of carbonyl (C=O) groups is 1. The first-order valence-corrected chi connectivity index (χ1v) is 10.1. The molecule has 0 aromatic carbocycles. The minimum atomic E-state index is -0.306. The lowest BCUT2D eigenvalue weighted by Crippen LogP contribution is -2.15. The molecule has 0 aliphatic heterocycles. The van der Waals surface area contributed by atoms with Gasteiger partial charge in [0.15, 0.2) is 9.47 Å². The van der Waals surface area contributed by atoms with E-state index in [0.29, 0.717) is 16.5 Å². The van der Waals surface area contributed by atoms with Crippen molar-refractivity contribution < 1.29 is 4.79 Å². The van der Waals surface area contributed by atoms with Crippen LogP contribution in [0.3, 0.4) is 0 Å². The Kier molecular flexibility index (Phi) is 4.78. The van der Waals surface area contributed by atoms with Gasteiger partial charge in [0.2, 0.25) is 0 Å². The van der Waals surface area contributed by atoms with Crippen LogP contribution in [0.1, 0.15) is 16.2 Å². The van der Waals surface area contributed by atoms with Crippen LogP contribution in [-0.2, 0) is 0 Å². The lowest BCUT2D eigenvalue weighted by Gasteiger charge is -2.08. The number of hydrogen-bond acceptors (Lipinski definition) is 8. The molecule has 0 saturated heterocycles. The number of nitrogens with zero attached hydrogens (tertiary/aromatic N) is 4. The minimum Gasteiger partial charge on any atom is -0.296 e. The molecule has 1 amide bonds. The molecule has 0 spiro atoms. The number of rotatable bonds is 5. The van der Waals surface area contributed by atoms with Crippen LogP contribution in [0.15, 0.2) is 50.6 Å². The number of hydrogen-bond donors (Lipinski definition) is 2. The zero-order valence-electron chi connectivity index (χ0n) is 13.5. The zero-order chi connectivity index (χ0) is 17.9. The third-order valence-electron chi connectivity index (χ3n) is 3.30. The van der Waals surface area contributed by atoms with E-state index >= 15 is 0 Å². The van der Waals surface area contributed by atoms with E-state index in [1.54, 1.807) is 12.4 Å². The van der Waals surface area contributed by atoms with E-state index in [-0.39, 0.29) is 5.91 Å². The van der Waals surface area contributed by atoms with E-state index in [9.17, 15) is 4.79 Å². The Morgan fingerprint density at radius 1 is 1.19 bits per heavy atom. The fourth-order valence-electron chi connectivity index (χ4n) is 2.16. The van der Waals surface area contributed by atoms with Crippen LogP contribution in [0.4, 0.5) is 5.13 Å². The number of pyridine rings is 1. The highest BCUT2D eigenvalue weighted by molar-refractivity contribution is 8.01.